The molecule has 0 spiro atoms. The lowest BCUT2D eigenvalue weighted by molar-refractivity contribution is 1.08. The minimum absolute atomic E-state index is 0.650. The first-order chi connectivity index (χ1) is 25.7. The molecule has 11 aromatic rings. The van der Waals surface area contributed by atoms with Crippen LogP contribution in [-0.4, -0.2) is 24.3 Å². The predicted octanol–water partition coefficient (Wildman–Crippen LogP) is 12.0. The van der Waals surface area contributed by atoms with E-state index in [2.05, 4.69) is 126 Å². The summed E-state index contributed by atoms with van der Waals surface area (Å²) in [7, 11) is 0. The second-order valence-electron chi connectivity index (χ2n) is 13.1. The highest BCUT2D eigenvalue weighted by Gasteiger charge is 2.16. The molecule has 7 aromatic carbocycles. The number of aromatic nitrogens is 5. The molecular weight excluding hydrogens is 655 g/mol. The van der Waals surface area contributed by atoms with Crippen LogP contribution >= 0.6 is 11.3 Å². The minimum atomic E-state index is 0.650. The summed E-state index contributed by atoms with van der Waals surface area (Å²) in [6, 6.07) is 53.3. The molecule has 11 rings (SSSR count). The molecule has 0 aliphatic heterocycles. The van der Waals surface area contributed by atoms with Crippen LogP contribution in [0.5, 0.6) is 0 Å². The van der Waals surface area contributed by atoms with Crippen molar-refractivity contribution in [3.8, 4) is 45.4 Å². The molecule has 0 N–H and O–H groups in total. The van der Waals surface area contributed by atoms with Crippen molar-refractivity contribution < 1.29 is 0 Å². The monoisotopic (exact) mass is 681 g/mol. The summed E-state index contributed by atoms with van der Waals surface area (Å²) in [5.74, 6) is 1.95. The number of benzene rings is 7. The van der Waals surface area contributed by atoms with E-state index >= 15 is 0 Å². The van der Waals surface area contributed by atoms with Crippen LogP contribution in [0, 0.1) is 0 Å². The van der Waals surface area contributed by atoms with Gasteiger partial charge < -0.3 is 4.40 Å². The van der Waals surface area contributed by atoms with Crippen LogP contribution in [-0.2, 0) is 0 Å². The van der Waals surface area contributed by atoms with E-state index in [0.717, 1.165) is 33.6 Å². The van der Waals surface area contributed by atoms with E-state index in [1.54, 1.807) is 11.3 Å². The predicted molar refractivity (Wildman–Crippen MR) is 216 cm³/mol. The summed E-state index contributed by atoms with van der Waals surface area (Å²) in [6.45, 7) is 0. The average molecular weight is 682 g/mol. The summed E-state index contributed by atoms with van der Waals surface area (Å²) in [4.78, 5) is 20.1. The Balaban J connectivity index is 1.07. The maximum atomic E-state index is 5.16. The number of fused-ring (bicyclic) bond motifs is 10. The van der Waals surface area contributed by atoms with E-state index in [4.69, 9.17) is 19.9 Å². The molecule has 0 aliphatic carbocycles. The van der Waals surface area contributed by atoms with Gasteiger partial charge in [-0.2, -0.15) is 0 Å². The quantitative estimate of drug-likeness (QED) is 0.174. The number of imidazole rings is 1. The highest BCUT2D eigenvalue weighted by Crippen LogP contribution is 2.40. The fourth-order valence-corrected chi connectivity index (χ4v) is 8.73. The molecule has 0 atom stereocenters. The zero-order chi connectivity index (χ0) is 34.2. The molecule has 6 heteroatoms. The third-order valence-electron chi connectivity index (χ3n) is 10.1. The summed E-state index contributed by atoms with van der Waals surface area (Å²) >= 11 is 1.78. The zero-order valence-electron chi connectivity index (χ0n) is 27.7. The normalized spacial score (nSPS) is 11.8. The van der Waals surface area contributed by atoms with Crippen molar-refractivity contribution in [3.05, 3.63) is 164 Å². The second kappa shape index (κ2) is 11.4. The fraction of sp³-hybridized carbons (Fsp3) is 0. The van der Waals surface area contributed by atoms with E-state index in [1.807, 2.05) is 42.6 Å². The Labute approximate surface area is 302 Å². The lowest BCUT2D eigenvalue weighted by atomic mass is 9.93. The van der Waals surface area contributed by atoms with E-state index in [0.29, 0.717) is 17.5 Å². The van der Waals surface area contributed by atoms with E-state index in [1.165, 1.54) is 52.5 Å². The van der Waals surface area contributed by atoms with Gasteiger partial charge in [-0.05, 0) is 62.6 Å². The summed E-state index contributed by atoms with van der Waals surface area (Å²) in [5, 5.41) is 9.82. The van der Waals surface area contributed by atoms with Crippen LogP contribution in [0.3, 0.4) is 0 Å². The number of pyridine rings is 1. The highest BCUT2D eigenvalue weighted by molar-refractivity contribution is 7.25. The minimum Gasteiger partial charge on any atom is -0.306 e. The topological polar surface area (TPSA) is 56.0 Å². The molecule has 4 heterocycles. The van der Waals surface area contributed by atoms with Crippen LogP contribution in [0.25, 0.3) is 104 Å². The average Bonchev–Trinajstić information content (AvgIpc) is 3.82. The van der Waals surface area contributed by atoms with Gasteiger partial charge in [0.25, 0.3) is 0 Å². The summed E-state index contributed by atoms with van der Waals surface area (Å²) in [5.41, 5.74) is 5.87. The van der Waals surface area contributed by atoms with E-state index in [9.17, 15) is 0 Å². The third kappa shape index (κ3) is 4.62. The first kappa shape index (κ1) is 29.0. The number of thiophene rings is 1. The molecule has 4 aromatic heterocycles. The molecule has 5 nitrogen and oxygen atoms in total. The van der Waals surface area contributed by atoms with Crippen molar-refractivity contribution in [3.63, 3.8) is 0 Å². The van der Waals surface area contributed by atoms with Crippen molar-refractivity contribution >= 4 is 69.5 Å². The van der Waals surface area contributed by atoms with Crippen LogP contribution in [0.2, 0.25) is 0 Å². The van der Waals surface area contributed by atoms with Gasteiger partial charge in [0.15, 0.2) is 17.5 Å². The van der Waals surface area contributed by atoms with Gasteiger partial charge in [-0.3, -0.25) is 0 Å². The van der Waals surface area contributed by atoms with Gasteiger partial charge in [0.2, 0.25) is 0 Å². The van der Waals surface area contributed by atoms with Crippen molar-refractivity contribution in [2.24, 2.45) is 0 Å². The molecule has 52 heavy (non-hydrogen) atoms. The number of nitrogens with zero attached hydrogens (tertiary/aromatic N) is 5. The third-order valence-corrected chi connectivity index (χ3v) is 11.2. The van der Waals surface area contributed by atoms with Crippen molar-refractivity contribution in [2.75, 3.05) is 0 Å². The van der Waals surface area contributed by atoms with Gasteiger partial charge in [0.1, 0.15) is 5.65 Å². The van der Waals surface area contributed by atoms with Gasteiger partial charge in [-0.25, -0.2) is 19.9 Å². The SMILES string of the molecule is c1ccc(-c2nc(-c3ccc4c(c3)sc3cc(-c5cn6ccccc6n5)ccc34)nc(-c3ccc4c5ccccc5c5ccccc5c4c3)n2)cc1. The maximum Gasteiger partial charge on any atom is 0.164 e. The first-order valence-electron chi connectivity index (χ1n) is 17.3. The largest absolute Gasteiger partial charge is 0.306 e. The molecule has 0 unspecified atom stereocenters. The van der Waals surface area contributed by atoms with Crippen LogP contribution in [0.15, 0.2) is 164 Å². The molecule has 0 saturated carbocycles. The van der Waals surface area contributed by atoms with Crippen molar-refractivity contribution in [1.82, 2.24) is 24.3 Å². The zero-order valence-corrected chi connectivity index (χ0v) is 28.5. The van der Waals surface area contributed by atoms with Gasteiger partial charge in [-0.15, -0.1) is 11.3 Å². The maximum absolute atomic E-state index is 5.16. The number of rotatable bonds is 4. The van der Waals surface area contributed by atoms with Crippen LogP contribution in [0.1, 0.15) is 0 Å². The molecule has 242 valence electrons. The molecule has 0 saturated heterocycles. The van der Waals surface area contributed by atoms with Crippen molar-refractivity contribution in [2.45, 2.75) is 0 Å². The Kier molecular flexibility index (Phi) is 6.35. The highest BCUT2D eigenvalue weighted by atomic mass is 32.1. The number of hydrogen-bond acceptors (Lipinski definition) is 5. The first-order valence-corrected chi connectivity index (χ1v) is 18.1. The standard InChI is InChI=1S/C46H27N5S/c1-2-10-28(11-3-1)44-48-45(30-18-20-36-34-14-5-4-12-32(34)33-13-6-7-15-35(33)39(36)24-30)50-46(49-44)31-19-22-38-37-21-17-29(25-41(37)52-42(38)26-31)40-27-51-23-9-8-16-43(51)47-40/h1-27H. The second-order valence-corrected chi connectivity index (χ2v) is 14.2. The Hall–Kier alpha value is -6.76. The van der Waals surface area contributed by atoms with Gasteiger partial charge in [0, 0.05) is 54.8 Å². The van der Waals surface area contributed by atoms with Gasteiger partial charge >= 0.3 is 0 Å². The summed E-state index contributed by atoms with van der Waals surface area (Å²) in [6.07, 6.45) is 4.12. The molecule has 0 aliphatic rings. The Morgan fingerprint density at radius 3 is 1.52 bits per heavy atom. The Morgan fingerprint density at radius 2 is 0.865 bits per heavy atom. The van der Waals surface area contributed by atoms with Crippen LogP contribution in [0.4, 0.5) is 0 Å². The Bertz CT molecular complexity index is 3130. The van der Waals surface area contributed by atoms with Gasteiger partial charge in [0.05, 0.1) is 5.69 Å². The lowest BCUT2D eigenvalue weighted by Crippen LogP contribution is -2.00. The van der Waals surface area contributed by atoms with Gasteiger partial charge in [-0.1, -0.05) is 121 Å². The fourth-order valence-electron chi connectivity index (χ4n) is 7.55. The number of hydrogen-bond donors (Lipinski definition) is 0. The molecular formula is C46H27N5S. The molecule has 0 bridgehead atoms. The van der Waals surface area contributed by atoms with E-state index < -0.39 is 0 Å². The van der Waals surface area contributed by atoms with Crippen LogP contribution < -0.4 is 0 Å². The van der Waals surface area contributed by atoms with Crippen molar-refractivity contribution in [1.29, 1.82) is 0 Å². The molecule has 0 radical (unpaired) electrons. The summed E-state index contributed by atoms with van der Waals surface area (Å²) < 4.78 is 4.47. The van der Waals surface area contributed by atoms with E-state index in [-0.39, 0.29) is 0 Å². The molecule has 0 fully saturated rings. The molecule has 0 amide bonds. The Morgan fingerprint density at radius 1 is 0.365 bits per heavy atom. The smallest absolute Gasteiger partial charge is 0.164 e. The lowest BCUT2D eigenvalue weighted by Gasteiger charge is -2.12.